The second kappa shape index (κ2) is 22.7. The van der Waals surface area contributed by atoms with Crippen LogP contribution in [0.2, 0.25) is 36.3 Å². The molecule has 4 atom stereocenters. The molecule has 0 aromatic carbocycles. The number of ether oxygens (including phenoxy) is 1. The van der Waals surface area contributed by atoms with Crippen molar-refractivity contribution in [3.63, 3.8) is 0 Å². The molecule has 2 unspecified atom stereocenters. The Hall–Kier alpha value is -0.766. The number of unbranched alkanes of at least 4 members (excludes halogenated alkanes) is 5. The summed E-state index contributed by atoms with van der Waals surface area (Å²) in [5.41, 5.74) is 0. The SMILES string of the molecule is CCCCCCCC(=O)CC[C@H]1C(O[Si](CC)(CC)CC)CC(O[Si](CC)(CC)CC)[C@@H]1C/C=C\CCCC(=O)OC(C)C. The maximum Gasteiger partial charge on any atom is 0.306 e. The zero-order valence-corrected chi connectivity index (χ0v) is 32.5. The van der Waals surface area contributed by atoms with Crippen molar-refractivity contribution in [2.75, 3.05) is 0 Å². The van der Waals surface area contributed by atoms with Crippen LogP contribution in [0.3, 0.4) is 0 Å². The molecule has 0 aliphatic heterocycles. The van der Waals surface area contributed by atoms with Crippen molar-refractivity contribution in [1.29, 1.82) is 0 Å². The van der Waals surface area contributed by atoms with Crippen LogP contribution in [0.25, 0.3) is 0 Å². The second-order valence-corrected chi connectivity index (χ2v) is 23.2. The van der Waals surface area contributed by atoms with Gasteiger partial charge in [-0.15, -0.1) is 0 Å². The van der Waals surface area contributed by atoms with Gasteiger partial charge in [-0.1, -0.05) is 86.3 Å². The van der Waals surface area contributed by atoms with Gasteiger partial charge >= 0.3 is 5.97 Å². The highest BCUT2D eigenvalue weighted by molar-refractivity contribution is 6.74. The van der Waals surface area contributed by atoms with Crippen molar-refractivity contribution >= 4 is 28.4 Å². The summed E-state index contributed by atoms with van der Waals surface area (Å²) in [7, 11) is -3.63. The molecular formula is C37H72O5Si2. The van der Waals surface area contributed by atoms with Gasteiger partial charge in [0, 0.05) is 19.3 Å². The fourth-order valence-electron chi connectivity index (χ4n) is 7.21. The molecule has 0 spiro atoms. The van der Waals surface area contributed by atoms with Crippen LogP contribution in [-0.2, 0) is 23.2 Å². The zero-order valence-electron chi connectivity index (χ0n) is 30.5. The molecule has 44 heavy (non-hydrogen) atoms. The lowest BCUT2D eigenvalue weighted by Gasteiger charge is -2.35. The average molecular weight is 653 g/mol. The van der Waals surface area contributed by atoms with Crippen molar-refractivity contribution in [2.24, 2.45) is 11.8 Å². The van der Waals surface area contributed by atoms with Crippen molar-refractivity contribution in [3.8, 4) is 0 Å². The van der Waals surface area contributed by atoms with Gasteiger partial charge in [-0.2, -0.15) is 0 Å². The van der Waals surface area contributed by atoms with E-state index in [4.69, 9.17) is 13.6 Å². The average Bonchev–Trinajstić information content (AvgIpc) is 3.33. The Morgan fingerprint density at radius 1 is 0.682 bits per heavy atom. The first kappa shape index (κ1) is 41.3. The predicted molar refractivity (Wildman–Crippen MR) is 192 cm³/mol. The first-order valence-corrected chi connectivity index (χ1v) is 23.9. The molecule has 0 aromatic heterocycles. The number of allylic oxidation sites excluding steroid dienone is 2. The van der Waals surface area contributed by atoms with Crippen LogP contribution < -0.4 is 0 Å². The summed E-state index contributed by atoms with van der Waals surface area (Å²) >= 11 is 0. The number of hydrogen-bond donors (Lipinski definition) is 0. The van der Waals surface area contributed by atoms with Gasteiger partial charge in [0.05, 0.1) is 18.3 Å². The number of rotatable bonds is 26. The summed E-state index contributed by atoms with van der Waals surface area (Å²) in [6.45, 7) is 19.9. The van der Waals surface area contributed by atoms with Crippen LogP contribution in [0.5, 0.6) is 0 Å². The maximum atomic E-state index is 13.1. The molecule has 0 heterocycles. The molecule has 0 saturated heterocycles. The first-order valence-electron chi connectivity index (χ1n) is 18.8. The Balaban J connectivity index is 3.16. The van der Waals surface area contributed by atoms with Crippen LogP contribution in [0.1, 0.15) is 146 Å². The topological polar surface area (TPSA) is 61.8 Å². The molecule has 1 saturated carbocycles. The highest BCUT2D eigenvalue weighted by Gasteiger charge is 2.48. The molecule has 258 valence electrons. The summed E-state index contributed by atoms with van der Waals surface area (Å²) in [5.74, 6) is 1.04. The molecule has 7 heteroatoms. The normalized spacial score (nSPS) is 21.0. The van der Waals surface area contributed by atoms with Gasteiger partial charge in [0.2, 0.25) is 0 Å². The van der Waals surface area contributed by atoms with E-state index < -0.39 is 16.6 Å². The van der Waals surface area contributed by atoms with E-state index in [-0.39, 0.29) is 24.3 Å². The molecule has 1 fully saturated rings. The van der Waals surface area contributed by atoms with Gasteiger partial charge in [0.25, 0.3) is 0 Å². The standard InChI is InChI=1S/C37H72O5Si2/c1-10-17-18-19-22-25-32(38)28-29-34-33(26-23-20-21-24-27-37(39)40-31(8)9)35(41-43(11-2,12-3)13-4)30-36(34)42-44(14-5,15-6)16-7/h20,23,31,33-36H,10-19,21-22,24-30H2,1-9H3/b23-20-/t33-,34-,35?,36?/m1/s1. The molecule has 0 radical (unpaired) electrons. The van der Waals surface area contributed by atoms with Crippen molar-refractivity contribution < 1.29 is 23.2 Å². The van der Waals surface area contributed by atoms with Crippen LogP contribution >= 0.6 is 0 Å². The minimum atomic E-state index is -1.82. The summed E-state index contributed by atoms with van der Waals surface area (Å²) < 4.78 is 19.9. The Morgan fingerprint density at radius 2 is 1.23 bits per heavy atom. The van der Waals surface area contributed by atoms with Gasteiger partial charge < -0.3 is 13.6 Å². The highest BCUT2D eigenvalue weighted by Crippen LogP contribution is 2.45. The third kappa shape index (κ3) is 14.3. The second-order valence-electron chi connectivity index (χ2n) is 13.7. The van der Waals surface area contributed by atoms with Gasteiger partial charge in [-0.25, -0.2) is 0 Å². The fourth-order valence-corrected chi connectivity index (χ4v) is 13.0. The van der Waals surface area contributed by atoms with E-state index in [1.54, 1.807) is 0 Å². The Morgan fingerprint density at radius 3 is 1.75 bits per heavy atom. The zero-order chi connectivity index (χ0) is 33.0. The number of ketones is 1. The Labute approximate surface area is 275 Å². The number of carbonyl (C=O) groups is 2. The van der Waals surface area contributed by atoms with E-state index >= 15 is 0 Å². The molecule has 1 rings (SSSR count). The summed E-state index contributed by atoms with van der Waals surface area (Å²) in [4.78, 5) is 25.1. The minimum Gasteiger partial charge on any atom is -0.463 e. The van der Waals surface area contributed by atoms with Crippen molar-refractivity contribution in [3.05, 3.63) is 12.2 Å². The fraction of sp³-hybridized carbons (Fsp3) is 0.892. The Bertz CT molecular complexity index is 789. The van der Waals surface area contributed by atoms with Gasteiger partial charge in [-0.3, -0.25) is 9.59 Å². The largest absolute Gasteiger partial charge is 0.463 e. The van der Waals surface area contributed by atoms with Crippen LogP contribution in [-0.4, -0.2) is 46.7 Å². The lowest BCUT2D eigenvalue weighted by atomic mass is 9.86. The van der Waals surface area contributed by atoms with Gasteiger partial charge in [0.1, 0.15) is 5.78 Å². The van der Waals surface area contributed by atoms with Crippen LogP contribution in [0.4, 0.5) is 0 Å². The number of Topliss-reactive ketones (excluding diaryl/α,β-unsaturated/α-hetero) is 1. The maximum absolute atomic E-state index is 13.1. The van der Waals surface area contributed by atoms with E-state index in [0.29, 0.717) is 30.5 Å². The molecule has 0 amide bonds. The lowest BCUT2D eigenvalue weighted by Crippen LogP contribution is -2.42. The Kier molecular flexibility index (Phi) is 21.3. The number of esters is 1. The summed E-state index contributed by atoms with van der Waals surface area (Å²) in [6.07, 6.45) is 17.2. The van der Waals surface area contributed by atoms with Crippen LogP contribution in [0.15, 0.2) is 12.2 Å². The molecule has 5 nitrogen and oxygen atoms in total. The monoisotopic (exact) mass is 652 g/mol. The van der Waals surface area contributed by atoms with E-state index in [9.17, 15) is 9.59 Å². The van der Waals surface area contributed by atoms with E-state index in [1.165, 1.54) is 25.7 Å². The molecule has 0 bridgehead atoms. The number of hydrogen-bond acceptors (Lipinski definition) is 5. The third-order valence-corrected chi connectivity index (χ3v) is 20.0. The molecule has 0 N–H and O–H groups in total. The molecule has 1 aliphatic carbocycles. The summed E-state index contributed by atoms with van der Waals surface area (Å²) in [5, 5.41) is 0. The van der Waals surface area contributed by atoms with Gasteiger partial charge in [-0.05, 0) is 100 Å². The van der Waals surface area contributed by atoms with E-state index in [1.807, 2.05) is 13.8 Å². The molecular weight excluding hydrogens is 581 g/mol. The highest BCUT2D eigenvalue weighted by atomic mass is 28.4. The van der Waals surface area contributed by atoms with Crippen molar-refractivity contribution in [2.45, 2.75) is 200 Å². The molecule has 0 aromatic rings. The van der Waals surface area contributed by atoms with Crippen LogP contribution in [0, 0.1) is 11.8 Å². The van der Waals surface area contributed by atoms with Crippen molar-refractivity contribution in [1.82, 2.24) is 0 Å². The smallest absolute Gasteiger partial charge is 0.306 e. The van der Waals surface area contributed by atoms with E-state index in [0.717, 1.165) is 81.2 Å². The number of carbonyl (C=O) groups excluding carboxylic acids is 2. The van der Waals surface area contributed by atoms with E-state index in [2.05, 4.69) is 60.6 Å². The first-order chi connectivity index (χ1) is 21.1. The summed E-state index contributed by atoms with van der Waals surface area (Å²) in [6, 6.07) is 6.88. The van der Waals surface area contributed by atoms with Gasteiger partial charge in [0.15, 0.2) is 16.6 Å². The minimum absolute atomic E-state index is 0.0580. The quantitative estimate of drug-likeness (QED) is 0.0403. The lowest BCUT2D eigenvalue weighted by molar-refractivity contribution is -0.147. The molecule has 1 aliphatic rings. The third-order valence-electron chi connectivity index (χ3n) is 10.6. The predicted octanol–water partition coefficient (Wildman–Crippen LogP) is 11.2.